The number of carbonyl (C=O) groups excluding carboxylic acids is 1. The lowest BCUT2D eigenvalue weighted by atomic mass is 10.0. The number of anilines is 2. The zero-order chi connectivity index (χ0) is 16.1. The summed E-state index contributed by atoms with van der Waals surface area (Å²) < 4.78 is 0. The molecule has 0 saturated heterocycles. The molecule has 6 N–H and O–H groups in total. The number of nitrogens with two attached hydrogens (primary N) is 2. The fourth-order valence-electron chi connectivity index (χ4n) is 2.21. The third kappa shape index (κ3) is 4.15. The molecule has 2 rings (SSSR count). The van der Waals surface area contributed by atoms with Crippen molar-refractivity contribution in [3.8, 4) is 11.5 Å². The summed E-state index contributed by atoms with van der Waals surface area (Å²) in [5.41, 5.74) is 13.7. The topological polar surface area (TPSA) is 110 Å². The maximum Gasteiger partial charge on any atom is 0.138 e. The van der Waals surface area contributed by atoms with E-state index in [9.17, 15) is 15.0 Å². The first-order valence-corrected chi connectivity index (χ1v) is 7.12. The van der Waals surface area contributed by atoms with Crippen LogP contribution < -0.4 is 11.5 Å². The van der Waals surface area contributed by atoms with Crippen molar-refractivity contribution in [2.75, 3.05) is 11.5 Å². The van der Waals surface area contributed by atoms with E-state index in [1.807, 2.05) is 0 Å². The summed E-state index contributed by atoms with van der Waals surface area (Å²) in [7, 11) is 0. The number of benzene rings is 2. The number of phenolic OH excluding ortho intramolecular Hbond substituents is 2. The summed E-state index contributed by atoms with van der Waals surface area (Å²) in [5.74, 6) is 0.262. The van der Waals surface area contributed by atoms with Crippen LogP contribution in [0, 0.1) is 0 Å². The molecular formula is C17H20N2O3. The molecule has 0 fully saturated rings. The largest absolute Gasteiger partial charge is 0.506 e. The highest BCUT2D eigenvalue weighted by molar-refractivity contribution is 5.79. The van der Waals surface area contributed by atoms with Crippen molar-refractivity contribution in [3.05, 3.63) is 47.5 Å². The van der Waals surface area contributed by atoms with Gasteiger partial charge in [-0.25, -0.2) is 0 Å². The van der Waals surface area contributed by atoms with E-state index in [1.54, 1.807) is 24.3 Å². The number of hydrogen-bond acceptors (Lipinski definition) is 5. The monoisotopic (exact) mass is 300 g/mol. The molecule has 0 aliphatic heterocycles. The molecule has 5 heteroatoms. The average molecular weight is 300 g/mol. The molecule has 116 valence electrons. The van der Waals surface area contributed by atoms with Gasteiger partial charge in [0.2, 0.25) is 0 Å². The predicted octanol–water partition coefficient (Wildman–Crippen LogP) is 2.40. The van der Waals surface area contributed by atoms with Crippen LogP contribution >= 0.6 is 0 Å². The second kappa shape index (κ2) is 6.85. The van der Waals surface area contributed by atoms with E-state index in [-0.39, 0.29) is 17.3 Å². The van der Waals surface area contributed by atoms with Crippen LogP contribution in [0.15, 0.2) is 36.4 Å². The number of Topliss-reactive ketones (excluding diaryl/α,β-unsaturated/α-hetero) is 1. The lowest BCUT2D eigenvalue weighted by molar-refractivity contribution is -0.119. The van der Waals surface area contributed by atoms with Gasteiger partial charge in [-0.15, -0.1) is 0 Å². The molecule has 0 aliphatic carbocycles. The highest BCUT2D eigenvalue weighted by atomic mass is 16.3. The normalized spacial score (nSPS) is 10.5. The quantitative estimate of drug-likeness (QED) is 0.484. The Morgan fingerprint density at radius 3 is 1.59 bits per heavy atom. The van der Waals surface area contributed by atoms with E-state index in [2.05, 4.69) is 0 Å². The number of aryl methyl sites for hydroxylation is 2. The minimum Gasteiger partial charge on any atom is -0.506 e. The van der Waals surface area contributed by atoms with E-state index in [0.717, 1.165) is 11.1 Å². The van der Waals surface area contributed by atoms with Gasteiger partial charge in [0.1, 0.15) is 17.3 Å². The number of rotatable bonds is 6. The van der Waals surface area contributed by atoms with Gasteiger partial charge in [0.05, 0.1) is 11.4 Å². The van der Waals surface area contributed by atoms with Crippen LogP contribution in [0.3, 0.4) is 0 Å². The Labute approximate surface area is 129 Å². The van der Waals surface area contributed by atoms with Gasteiger partial charge < -0.3 is 21.7 Å². The van der Waals surface area contributed by atoms with Crippen molar-refractivity contribution in [1.82, 2.24) is 0 Å². The standard InChI is InChI=1S/C17H20N2O3/c18-14-9-11(3-7-16(14)21)1-5-13(20)6-2-12-4-8-17(22)15(19)10-12/h3-4,7-10,21-22H,1-2,5-6,18-19H2. The van der Waals surface area contributed by atoms with Crippen LogP contribution in [0.2, 0.25) is 0 Å². The summed E-state index contributed by atoms with van der Waals surface area (Å²) in [5, 5.41) is 18.7. The van der Waals surface area contributed by atoms with Crippen molar-refractivity contribution >= 4 is 17.2 Å². The van der Waals surface area contributed by atoms with Crippen LogP contribution in [0.1, 0.15) is 24.0 Å². The zero-order valence-corrected chi connectivity index (χ0v) is 12.2. The Balaban J connectivity index is 1.82. The summed E-state index contributed by atoms with van der Waals surface area (Å²) >= 11 is 0. The van der Waals surface area contributed by atoms with Gasteiger partial charge in [-0.05, 0) is 48.2 Å². The predicted molar refractivity (Wildman–Crippen MR) is 86.7 cm³/mol. The lowest BCUT2D eigenvalue weighted by Crippen LogP contribution is -2.03. The van der Waals surface area contributed by atoms with Gasteiger partial charge in [-0.1, -0.05) is 12.1 Å². The van der Waals surface area contributed by atoms with Crippen LogP contribution in [0.4, 0.5) is 11.4 Å². The third-order valence-electron chi connectivity index (χ3n) is 3.57. The molecule has 0 bridgehead atoms. The van der Waals surface area contributed by atoms with Crippen molar-refractivity contribution in [3.63, 3.8) is 0 Å². The molecule has 0 unspecified atom stereocenters. The first kappa shape index (κ1) is 15.7. The molecule has 0 saturated carbocycles. The van der Waals surface area contributed by atoms with Crippen LogP contribution in [-0.2, 0) is 17.6 Å². The van der Waals surface area contributed by atoms with Crippen molar-refractivity contribution in [1.29, 1.82) is 0 Å². The molecule has 0 atom stereocenters. The fourth-order valence-corrected chi connectivity index (χ4v) is 2.21. The van der Waals surface area contributed by atoms with Crippen molar-refractivity contribution < 1.29 is 15.0 Å². The van der Waals surface area contributed by atoms with Crippen LogP contribution in [0.5, 0.6) is 11.5 Å². The average Bonchev–Trinajstić information content (AvgIpc) is 2.49. The molecule has 2 aromatic carbocycles. The second-order valence-corrected chi connectivity index (χ2v) is 5.33. The molecule has 2 aromatic rings. The Hall–Kier alpha value is -2.69. The van der Waals surface area contributed by atoms with E-state index in [4.69, 9.17) is 11.5 Å². The van der Waals surface area contributed by atoms with Gasteiger partial charge in [0, 0.05) is 12.8 Å². The third-order valence-corrected chi connectivity index (χ3v) is 3.57. The SMILES string of the molecule is Nc1cc(CCC(=O)CCc2ccc(O)c(N)c2)ccc1O. The molecule has 0 radical (unpaired) electrons. The summed E-state index contributed by atoms with van der Waals surface area (Å²) in [4.78, 5) is 11.9. The molecule has 0 aliphatic rings. The Bertz CT molecular complexity index is 626. The van der Waals surface area contributed by atoms with E-state index < -0.39 is 0 Å². The fraction of sp³-hybridized carbons (Fsp3) is 0.235. The van der Waals surface area contributed by atoms with Crippen LogP contribution in [0.25, 0.3) is 0 Å². The van der Waals surface area contributed by atoms with Crippen molar-refractivity contribution in [2.24, 2.45) is 0 Å². The number of phenols is 2. The summed E-state index contributed by atoms with van der Waals surface area (Å²) in [6, 6.07) is 9.97. The minimum absolute atomic E-state index is 0.0556. The lowest BCUT2D eigenvalue weighted by Gasteiger charge is -2.06. The first-order valence-electron chi connectivity index (χ1n) is 7.12. The number of hydrogen-bond donors (Lipinski definition) is 4. The summed E-state index contributed by atoms with van der Waals surface area (Å²) in [6.07, 6.45) is 2.05. The minimum atomic E-state index is 0.0556. The summed E-state index contributed by atoms with van der Waals surface area (Å²) in [6.45, 7) is 0. The highest BCUT2D eigenvalue weighted by Gasteiger charge is 2.06. The van der Waals surface area contributed by atoms with Gasteiger partial charge in [-0.2, -0.15) is 0 Å². The molecular weight excluding hydrogens is 280 g/mol. The van der Waals surface area contributed by atoms with Gasteiger partial charge in [0.15, 0.2) is 0 Å². The van der Waals surface area contributed by atoms with Crippen molar-refractivity contribution in [2.45, 2.75) is 25.7 Å². The van der Waals surface area contributed by atoms with Gasteiger partial charge in [0.25, 0.3) is 0 Å². The molecule has 0 spiro atoms. The molecule has 0 heterocycles. The zero-order valence-electron chi connectivity index (χ0n) is 12.2. The smallest absolute Gasteiger partial charge is 0.138 e. The Kier molecular flexibility index (Phi) is 4.88. The molecule has 0 aromatic heterocycles. The number of carbonyl (C=O) groups is 1. The maximum absolute atomic E-state index is 11.9. The van der Waals surface area contributed by atoms with Gasteiger partial charge in [-0.3, -0.25) is 4.79 Å². The molecule has 5 nitrogen and oxygen atoms in total. The maximum atomic E-state index is 11.9. The first-order chi connectivity index (χ1) is 10.5. The highest BCUT2D eigenvalue weighted by Crippen LogP contribution is 2.22. The Morgan fingerprint density at radius 2 is 1.23 bits per heavy atom. The second-order valence-electron chi connectivity index (χ2n) is 5.33. The molecule has 0 amide bonds. The number of aromatic hydroxyl groups is 2. The van der Waals surface area contributed by atoms with E-state index in [0.29, 0.717) is 37.1 Å². The van der Waals surface area contributed by atoms with Gasteiger partial charge >= 0.3 is 0 Å². The number of ketones is 1. The molecule has 22 heavy (non-hydrogen) atoms. The van der Waals surface area contributed by atoms with E-state index >= 15 is 0 Å². The van der Waals surface area contributed by atoms with Crippen LogP contribution in [-0.4, -0.2) is 16.0 Å². The Morgan fingerprint density at radius 1 is 0.818 bits per heavy atom. The number of nitrogen functional groups attached to an aromatic ring is 2. The van der Waals surface area contributed by atoms with E-state index in [1.165, 1.54) is 12.1 Å².